The molecule has 1 unspecified atom stereocenters. The lowest BCUT2D eigenvalue weighted by Crippen LogP contribution is -2.33. The van der Waals surface area contributed by atoms with Crippen molar-refractivity contribution >= 4 is 34.9 Å². The third kappa shape index (κ3) is 4.98. The van der Waals surface area contributed by atoms with Gasteiger partial charge in [0, 0.05) is 22.8 Å². The normalized spacial score (nSPS) is 11.5. The summed E-state index contributed by atoms with van der Waals surface area (Å²) in [6.45, 7) is 2.91. The van der Waals surface area contributed by atoms with E-state index in [1.807, 2.05) is 0 Å². The number of carbonyl (C=O) groups excluding carboxylic acids is 2. The first-order chi connectivity index (χ1) is 15.2. The molecule has 0 radical (unpaired) electrons. The monoisotopic (exact) mass is 456 g/mol. The molecule has 0 aliphatic heterocycles. The van der Waals surface area contributed by atoms with Gasteiger partial charge in [0.25, 0.3) is 11.6 Å². The zero-order valence-electron chi connectivity index (χ0n) is 16.9. The number of nitrogens with one attached hydrogen (secondary N) is 1. The Morgan fingerprint density at radius 1 is 1.19 bits per heavy atom. The first-order valence-corrected chi connectivity index (χ1v) is 9.67. The van der Waals surface area contributed by atoms with Gasteiger partial charge in [-0.25, -0.2) is 9.48 Å². The first kappa shape index (κ1) is 22.6. The Morgan fingerprint density at radius 2 is 1.84 bits per heavy atom. The summed E-state index contributed by atoms with van der Waals surface area (Å²) < 4.78 is 6.45. The molecule has 1 atom stereocenters. The van der Waals surface area contributed by atoms with Crippen molar-refractivity contribution in [3.8, 4) is 5.69 Å². The quantitative estimate of drug-likeness (QED) is 0.341. The summed E-state index contributed by atoms with van der Waals surface area (Å²) in [6, 6.07) is 13.3. The van der Waals surface area contributed by atoms with Crippen LogP contribution in [0.15, 0.2) is 59.4 Å². The number of nitro groups is 1. The van der Waals surface area contributed by atoms with Gasteiger partial charge >= 0.3 is 5.97 Å². The van der Waals surface area contributed by atoms with Gasteiger partial charge in [0.1, 0.15) is 5.69 Å². The number of hydrogen-bond donors (Lipinski definition) is 1. The molecule has 1 N–H and O–H groups in total. The molecule has 10 nitrogen and oxygen atoms in total. The number of carbonyl (C=O) groups is 2. The number of aryl methyl sites for hydroxylation is 1. The molecule has 0 spiro atoms. The summed E-state index contributed by atoms with van der Waals surface area (Å²) in [4.78, 5) is 47.7. The Labute approximate surface area is 186 Å². The van der Waals surface area contributed by atoms with Crippen molar-refractivity contribution in [1.29, 1.82) is 0 Å². The van der Waals surface area contributed by atoms with Crippen molar-refractivity contribution in [3.63, 3.8) is 0 Å². The van der Waals surface area contributed by atoms with Crippen LogP contribution in [0.5, 0.6) is 0 Å². The molecule has 32 heavy (non-hydrogen) atoms. The molecule has 3 rings (SSSR count). The lowest BCUT2D eigenvalue weighted by atomic mass is 10.2. The summed E-state index contributed by atoms with van der Waals surface area (Å²) in [5.41, 5.74) is -0.534. The number of ether oxygens (including phenoxy) is 1. The molecular formula is C21H17ClN4O6. The Balaban J connectivity index is 1.80. The molecule has 0 saturated heterocycles. The van der Waals surface area contributed by atoms with Crippen LogP contribution < -0.4 is 10.7 Å². The van der Waals surface area contributed by atoms with E-state index < -0.39 is 34.0 Å². The van der Waals surface area contributed by atoms with Gasteiger partial charge in [-0.1, -0.05) is 23.7 Å². The second-order valence-corrected chi connectivity index (χ2v) is 7.13. The van der Waals surface area contributed by atoms with Gasteiger partial charge in [0.15, 0.2) is 6.10 Å². The molecule has 0 fully saturated rings. The summed E-state index contributed by atoms with van der Waals surface area (Å²) in [7, 11) is 0. The Bertz CT molecular complexity index is 1260. The van der Waals surface area contributed by atoms with Crippen LogP contribution >= 0.6 is 11.6 Å². The number of nitro benzene ring substituents is 1. The van der Waals surface area contributed by atoms with Crippen LogP contribution in [0.4, 0.5) is 11.4 Å². The number of amides is 1. The fourth-order valence-electron chi connectivity index (χ4n) is 2.78. The molecule has 1 heterocycles. The maximum atomic E-state index is 12.5. The highest BCUT2D eigenvalue weighted by Crippen LogP contribution is 2.23. The van der Waals surface area contributed by atoms with Crippen molar-refractivity contribution in [2.24, 2.45) is 0 Å². The van der Waals surface area contributed by atoms with Crippen molar-refractivity contribution in [2.45, 2.75) is 20.0 Å². The van der Waals surface area contributed by atoms with Gasteiger partial charge in [0.2, 0.25) is 11.1 Å². The van der Waals surface area contributed by atoms with E-state index in [-0.39, 0.29) is 11.4 Å². The fourth-order valence-corrected chi connectivity index (χ4v) is 2.90. The van der Waals surface area contributed by atoms with E-state index in [1.165, 1.54) is 41.9 Å². The van der Waals surface area contributed by atoms with E-state index in [4.69, 9.17) is 16.3 Å². The van der Waals surface area contributed by atoms with E-state index in [0.717, 1.165) is 0 Å². The first-order valence-electron chi connectivity index (χ1n) is 9.29. The van der Waals surface area contributed by atoms with Crippen LogP contribution in [0.25, 0.3) is 5.69 Å². The number of para-hydroxylation sites is 2. The highest BCUT2D eigenvalue weighted by atomic mass is 35.5. The van der Waals surface area contributed by atoms with Crippen molar-refractivity contribution in [1.82, 2.24) is 9.78 Å². The average Bonchev–Trinajstić information content (AvgIpc) is 2.74. The lowest BCUT2D eigenvalue weighted by molar-refractivity contribution is -0.383. The predicted molar refractivity (Wildman–Crippen MR) is 116 cm³/mol. The largest absolute Gasteiger partial charge is 0.448 e. The number of esters is 1. The maximum absolute atomic E-state index is 12.5. The van der Waals surface area contributed by atoms with Gasteiger partial charge in [-0.05, 0) is 44.2 Å². The maximum Gasteiger partial charge on any atom is 0.363 e. The van der Waals surface area contributed by atoms with Crippen LogP contribution in [-0.2, 0) is 9.53 Å². The zero-order chi connectivity index (χ0) is 23.4. The SMILES string of the molecule is Cc1cc(=O)c(C(=O)OC(C)C(=O)Nc2ccccc2[N+](=O)[O-])nn1-c1ccc(Cl)cc1. The van der Waals surface area contributed by atoms with E-state index in [9.17, 15) is 24.5 Å². The van der Waals surface area contributed by atoms with Crippen molar-refractivity contribution in [2.75, 3.05) is 5.32 Å². The van der Waals surface area contributed by atoms with Crippen LogP contribution in [0.3, 0.4) is 0 Å². The minimum Gasteiger partial charge on any atom is -0.448 e. The Kier molecular flexibility index (Phi) is 6.64. The highest BCUT2D eigenvalue weighted by Gasteiger charge is 2.25. The molecule has 0 aliphatic rings. The number of aromatic nitrogens is 2. The van der Waals surface area contributed by atoms with E-state index in [0.29, 0.717) is 16.4 Å². The number of hydrogen-bond acceptors (Lipinski definition) is 7. The van der Waals surface area contributed by atoms with Gasteiger partial charge in [0.05, 0.1) is 10.6 Å². The lowest BCUT2D eigenvalue weighted by Gasteiger charge is -2.14. The van der Waals surface area contributed by atoms with E-state index >= 15 is 0 Å². The molecule has 1 aromatic heterocycles. The van der Waals surface area contributed by atoms with Crippen LogP contribution in [0.1, 0.15) is 23.1 Å². The predicted octanol–water partition coefficient (Wildman–Crippen LogP) is 3.29. The molecule has 2 aromatic carbocycles. The van der Waals surface area contributed by atoms with E-state index in [2.05, 4.69) is 10.4 Å². The standard InChI is InChI=1S/C21H17ClN4O6/c1-12-11-18(27)19(24-25(12)15-9-7-14(22)8-10-15)21(29)32-13(2)20(28)23-16-5-3-4-6-17(16)26(30)31/h3-11,13H,1-2H3,(H,23,28). The molecule has 3 aromatic rings. The molecule has 0 saturated carbocycles. The number of benzene rings is 2. The number of halogens is 1. The van der Waals surface area contributed by atoms with Crippen LogP contribution in [-0.4, -0.2) is 32.7 Å². The van der Waals surface area contributed by atoms with Gasteiger partial charge in [-0.3, -0.25) is 19.7 Å². The molecule has 0 bridgehead atoms. The summed E-state index contributed by atoms with van der Waals surface area (Å²) in [6.07, 6.45) is -1.35. The summed E-state index contributed by atoms with van der Waals surface area (Å²) in [5.74, 6) is -1.92. The highest BCUT2D eigenvalue weighted by molar-refractivity contribution is 6.30. The summed E-state index contributed by atoms with van der Waals surface area (Å²) >= 11 is 5.89. The molecule has 0 aliphatic carbocycles. The Hall–Kier alpha value is -4.05. The van der Waals surface area contributed by atoms with Crippen LogP contribution in [0, 0.1) is 17.0 Å². The second kappa shape index (κ2) is 9.40. The number of rotatable bonds is 6. The van der Waals surface area contributed by atoms with Crippen molar-refractivity contribution < 1.29 is 19.2 Å². The minimum atomic E-state index is -1.35. The zero-order valence-corrected chi connectivity index (χ0v) is 17.7. The van der Waals surface area contributed by atoms with Crippen molar-refractivity contribution in [3.05, 3.63) is 91.3 Å². The van der Waals surface area contributed by atoms with E-state index in [1.54, 1.807) is 31.2 Å². The smallest absolute Gasteiger partial charge is 0.363 e. The topological polar surface area (TPSA) is 133 Å². The fraction of sp³-hybridized carbons (Fsp3) is 0.143. The molecule has 164 valence electrons. The van der Waals surface area contributed by atoms with Gasteiger partial charge < -0.3 is 10.1 Å². The molecular weight excluding hydrogens is 440 g/mol. The van der Waals surface area contributed by atoms with Crippen LogP contribution in [0.2, 0.25) is 5.02 Å². The third-order valence-electron chi connectivity index (χ3n) is 4.38. The minimum absolute atomic E-state index is 0.0519. The second-order valence-electron chi connectivity index (χ2n) is 6.70. The third-order valence-corrected chi connectivity index (χ3v) is 4.64. The summed E-state index contributed by atoms with van der Waals surface area (Å²) in [5, 5.41) is 18.0. The Morgan fingerprint density at radius 3 is 2.50 bits per heavy atom. The molecule has 1 amide bonds. The average molecular weight is 457 g/mol. The number of nitrogens with zero attached hydrogens (tertiary/aromatic N) is 3. The molecule has 11 heteroatoms. The van der Waals surface area contributed by atoms with Gasteiger partial charge in [-0.15, -0.1) is 0 Å². The number of anilines is 1. The van der Waals surface area contributed by atoms with Gasteiger partial charge in [-0.2, -0.15) is 5.10 Å².